The highest BCUT2D eigenvalue weighted by Gasteiger charge is 2.17. The smallest absolute Gasteiger partial charge is 0.335 e. The summed E-state index contributed by atoms with van der Waals surface area (Å²) in [5.74, 6) is -1.08. The van der Waals surface area contributed by atoms with Crippen molar-refractivity contribution in [3.05, 3.63) is 65.2 Å². The molecule has 1 saturated heterocycles. The van der Waals surface area contributed by atoms with Crippen LogP contribution in [0.15, 0.2) is 53.4 Å². The number of carboxylic acid groups (broad SMARTS) is 1. The van der Waals surface area contributed by atoms with E-state index in [4.69, 9.17) is 5.11 Å². The van der Waals surface area contributed by atoms with Crippen LogP contribution in [-0.2, 0) is 23.1 Å². The van der Waals surface area contributed by atoms with Crippen molar-refractivity contribution in [2.75, 3.05) is 13.1 Å². The van der Waals surface area contributed by atoms with Gasteiger partial charge in [-0.1, -0.05) is 30.7 Å². The van der Waals surface area contributed by atoms with Crippen LogP contribution in [0.2, 0.25) is 0 Å². The minimum atomic E-state index is -3.71. The van der Waals surface area contributed by atoms with E-state index in [0.29, 0.717) is 0 Å². The number of carbonyl (C=O) groups is 1. The predicted octanol–water partition coefficient (Wildman–Crippen LogP) is 2.85. The summed E-state index contributed by atoms with van der Waals surface area (Å²) < 4.78 is 27.7. The highest BCUT2D eigenvalue weighted by molar-refractivity contribution is 7.89. The van der Waals surface area contributed by atoms with Gasteiger partial charge < -0.3 is 5.11 Å². The summed E-state index contributed by atoms with van der Waals surface area (Å²) in [4.78, 5) is 13.4. The number of carboxylic acids is 1. The molecule has 1 heterocycles. The van der Waals surface area contributed by atoms with Gasteiger partial charge in [-0.25, -0.2) is 17.9 Å². The normalized spacial score (nSPS) is 15.6. The van der Waals surface area contributed by atoms with Crippen LogP contribution in [0.1, 0.15) is 40.7 Å². The molecular formula is C20H24N2O4S. The SMILES string of the molecule is O=C(O)c1ccc(S(=O)(=O)NCc2ccccc2CN2CCCCC2)cc1. The summed E-state index contributed by atoms with van der Waals surface area (Å²) in [5.41, 5.74) is 2.14. The fourth-order valence-electron chi connectivity index (χ4n) is 3.28. The van der Waals surface area contributed by atoms with Gasteiger partial charge >= 0.3 is 5.97 Å². The molecule has 0 saturated carbocycles. The number of likely N-dealkylation sites (tertiary alicyclic amines) is 1. The average Bonchev–Trinajstić information content (AvgIpc) is 2.68. The predicted molar refractivity (Wildman–Crippen MR) is 103 cm³/mol. The summed E-state index contributed by atoms with van der Waals surface area (Å²) in [7, 11) is -3.71. The maximum atomic E-state index is 12.5. The van der Waals surface area contributed by atoms with Crippen LogP contribution in [0.5, 0.6) is 0 Å². The van der Waals surface area contributed by atoms with Crippen LogP contribution in [0.4, 0.5) is 0 Å². The molecule has 0 radical (unpaired) electrons. The highest BCUT2D eigenvalue weighted by Crippen LogP contribution is 2.17. The molecule has 6 nitrogen and oxygen atoms in total. The third kappa shape index (κ3) is 5.15. The largest absolute Gasteiger partial charge is 0.478 e. The van der Waals surface area contributed by atoms with E-state index < -0.39 is 16.0 Å². The fraction of sp³-hybridized carbons (Fsp3) is 0.350. The van der Waals surface area contributed by atoms with Gasteiger partial charge in [0.1, 0.15) is 0 Å². The first-order chi connectivity index (χ1) is 13.0. The Balaban J connectivity index is 1.69. The molecule has 2 aromatic rings. The molecule has 2 aromatic carbocycles. The van der Waals surface area contributed by atoms with E-state index in [9.17, 15) is 13.2 Å². The Bertz CT molecular complexity index is 888. The number of hydrogen-bond donors (Lipinski definition) is 2. The average molecular weight is 388 g/mol. The number of piperidine rings is 1. The van der Waals surface area contributed by atoms with Gasteiger partial charge in [0, 0.05) is 13.1 Å². The first kappa shape index (κ1) is 19.5. The number of benzene rings is 2. The molecule has 3 rings (SSSR count). The van der Waals surface area contributed by atoms with Crippen LogP contribution in [0.3, 0.4) is 0 Å². The lowest BCUT2D eigenvalue weighted by Gasteiger charge is -2.27. The molecule has 2 N–H and O–H groups in total. The zero-order valence-corrected chi connectivity index (χ0v) is 15.9. The number of nitrogens with zero attached hydrogens (tertiary/aromatic N) is 1. The lowest BCUT2D eigenvalue weighted by Crippen LogP contribution is -2.30. The first-order valence-electron chi connectivity index (χ1n) is 9.08. The van der Waals surface area contributed by atoms with E-state index in [1.807, 2.05) is 24.3 Å². The molecule has 0 aliphatic carbocycles. The Morgan fingerprint density at radius 1 is 0.963 bits per heavy atom. The Morgan fingerprint density at radius 2 is 1.59 bits per heavy atom. The quantitative estimate of drug-likeness (QED) is 0.762. The summed E-state index contributed by atoms with van der Waals surface area (Å²) in [6.45, 7) is 3.18. The number of rotatable bonds is 7. The minimum absolute atomic E-state index is 0.0563. The first-order valence-corrected chi connectivity index (χ1v) is 10.6. The lowest BCUT2D eigenvalue weighted by atomic mass is 10.1. The van der Waals surface area contributed by atoms with Crippen molar-refractivity contribution in [3.63, 3.8) is 0 Å². The van der Waals surface area contributed by atoms with Crippen LogP contribution < -0.4 is 4.72 Å². The molecule has 1 aliphatic heterocycles. The molecule has 1 fully saturated rings. The third-order valence-electron chi connectivity index (χ3n) is 4.83. The number of nitrogens with one attached hydrogen (secondary N) is 1. The Morgan fingerprint density at radius 3 is 2.22 bits per heavy atom. The second-order valence-corrected chi connectivity index (χ2v) is 8.53. The van der Waals surface area contributed by atoms with Crippen molar-refractivity contribution in [1.29, 1.82) is 0 Å². The maximum Gasteiger partial charge on any atom is 0.335 e. The maximum absolute atomic E-state index is 12.5. The van der Waals surface area contributed by atoms with Crippen LogP contribution in [0.25, 0.3) is 0 Å². The lowest BCUT2D eigenvalue weighted by molar-refractivity contribution is 0.0696. The zero-order chi connectivity index (χ0) is 19.3. The number of aromatic carboxylic acids is 1. The molecule has 144 valence electrons. The monoisotopic (exact) mass is 388 g/mol. The molecule has 0 atom stereocenters. The Hall–Kier alpha value is -2.22. The van der Waals surface area contributed by atoms with E-state index >= 15 is 0 Å². The molecule has 1 aliphatic rings. The highest BCUT2D eigenvalue weighted by atomic mass is 32.2. The van der Waals surface area contributed by atoms with E-state index in [2.05, 4.69) is 9.62 Å². The second kappa shape index (κ2) is 8.65. The molecule has 0 unspecified atom stereocenters. The van der Waals surface area contributed by atoms with Gasteiger partial charge in [-0.2, -0.15) is 0 Å². The van der Waals surface area contributed by atoms with Crippen molar-refractivity contribution < 1.29 is 18.3 Å². The Labute approximate surface area is 159 Å². The molecule has 0 bridgehead atoms. The number of hydrogen-bond acceptors (Lipinski definition) is 4. The van der Waals surface area contributed by atoms with Crippen LogP contribution in [-0.4, -0.2) is 37.5 Å². The van der Waals surface area contributed by atoms with Crippen molar-refractivity contribution >= 4 is 16.0 Å². The van der Waals surface area contributed by atoms with Crippen molar-refractivity contribution in [1.82, 2.24) is 9.62 Å². The van der Waals surface area contributed by atoms with Crippen LogP contribution in [0, 0.1) is 0 Å². The Kier molecular flexibility index (Phi) is 6.26. The van der Waals surface area contributed by atoms with Gasteiger partial charge in [0.15, 0.2) is 0 Å². The van der Waals surface area contributed by atoms with E-state index in [1.54, 1.807) is 0 Å². The fourth-order valence-corrected chi connectivity index (χ4v) is 4.28. The van der Waals surface area contributed by atoms with Gasteiger partial charge in [0.2, 0.25) is 10.0 Å². The minimum Gasteiger partial charge on any atom is -0.478 e. The van der Waals surface area contributed by atoms with Gasteiger partial charge in [0.25, 0.3) is 0 Å². The third-order valence-corrected chi connectivity index (χ3v) is 6.24. The number of sulfonamides is 1. The summed E-state index contributed by atoms with van der Waals surface area (Å²) in [5, 5.41) is 8.93. The van der Waals surface area contributed by atoms with Gasteiger partial charge in [0.05, 0.1) is 10.5 Å². The molecule has 0 spiro atoms. The molecule has 7 heteroatoms. The zero-order valence-electron chi connectivity index (χ0n) is 15.1. The van der Waals surface area contributed by atoms with Crippen molar-refractivity contribution in [3.8, 4) is 0 Å². The summed E-state index contributed by atoms with van der Waals surface area (Å²) >= 11 is 0. The standard InChI is InChI=1S/C20H24N2O4S/c23-20(24)16-8-10-19(11-9-16)27(25,26)21-14-17-6-2-3-7-18(17)15-22-12-4-1-5-13-22/h2-3,6-11,21H,1,4-5,12-15H2,(H,23,24). The summed E-state index contributed by atoms with van der Waals surface area (Å²) in [6.07, 6.45) is 3.70. The molecular weight excluding hydrogens is 364 g/mol. The molecule has 27 heavy (non-hydrogen) atoms. The van der Waals surface area contributed by atoms with E-state index in [-0.39, 0.29) is 17.0 Å². The van der Waals surface area contributed by atoms with Crippen molar-refractivity contribution in [2.24, 2.45) is 0 Å². The van der Waals surface area contributed by atoms with Crippen molar-refractivity contribution in [2.45, 2.75) is 37.2 Å². The van der Waals surface area contributed by atoms with Gasteiger partial charge in [-0.15, -0.1) is 0 Å². The molecule has 0 aromatic heterocycles. The van der Waals surface area contributed by atoms with Gasteiger partial charge in [-0.05, 0) is 61.3 Å². The second-order valence-electron chi connectivity index (χ2n) is 6.76. The topological polar surface area (TPSA) is 86.7 Å². The van der Waals surface area contributed by atoms with E-state index in [0.717, 1.165) is 30.8 Å². The summed E-state index contributed by atoms with van der Waals surface area (Å²) in [6, 6.07) is 13.1. The van der Waals surface area contributed by atoms with Crippen LogP contribution >= 0.6 is 0 Å². The van der Waals surface area contributed by atoms with E-state index in [1.165, 1.54) is 43.5 Å². The molecule has 0 amide bonds. The van der Waals surface area contributed by atoms with Gasteiger partial charge in [-0.3, -0.25) is 4.90 Å².